The Balaban J connectivity index is 2.57. The van der Waals surface area contributed by atoms with Gasteiger partial charge in [0.05, 0.1) is 0 Å². The second-order valence-electron chi connectivity index (χ2n) is 4.23. The summed E-state index contributed by atoms with van der Waals surface area (Å²) in [5.41, 5.74) is 0.0164. The van der Waals surface area contributed by atoms with Crippen LogP contribution in [0, 0.1) is 5.41 Å². The molecule has 116 valence electrons. The SMILES string of the molecule is NC(=NO)C1(C(=O)NCCSC(F)(F)F)CCOCC1. The number of halogens is 3. The number of nitrogens with zero attached hydrogens (tertiary/aromatic N) is 1. The molecule has 1 heterocycles. The van der Waals surface area contributed by atoms with Crippen LogP contribution in [0.25, 0.3) is 0 Å². The molecule has 1 aliphatic heterocycles. The largest absolute Gasteiger partial charge is 0.441 e. The van der Waals surface area contributed by atoms with E-state index in [0.29, 0.717) is 0 Å². The van der Waals surface area contributed by atoms with Crippen LogP contribution >= 0.6 is 11.8 Å². The van der Waals surface area contributed by atoms with E-state index in [0.717, 1.165) is 0 Å². The third-order valence-electron chi connectivity index (χ3n) is 3.03. The van der Waals surface area contributed by atoms with Gasteiger partial charge < -0.3 is 21.0 Å². The van der Waals surface area contributed by atoms with Crippen molar-refractivity contribution in [2.45, 2.75) is 18.3 Å². The van der Waals surface area contributed by atoms with Crippen molar-refractivity contribution in [3.8, 4) is 0 Å². The Bertz CT molecular complexity index is 370. The van der Waals surface area contributed by atoms with Crippen molar-refractivity contribution >= 4 is 23.5 Å². The van der Waals surface area contributed by atoms with Crippen molar-refractivity contribution in [1.29, 1.82) is 0 Å². The molecule has 0 spiro atoms. The van der Waals surface area contributed by atoms with E-state index in [1.54, 1.807) is 0 Å². The smallest absolute Gasteiger partial charge is 0.409 e. The summed E-state index contributed by atoms with van der Waals surface area (Å²) in [6, 6.07) is 0. The maximum absolute atomic E-state index is 12.1. The van der Waals surface area contributed by atoms with Crippen molar-refractivity contribution in [3.63, 3.8) is 0 Å². The normalized spacial score (nSPS) is 19.6. The van der Waals surface area contributed by atoms with Gasteiger partial charge in [-0.1, -0.05) is 5.16 Å². The van der Waals surface area contributed by atoms with Crippen LogP contribution in [0.15, 0.2) is 5.16 Å². The molecule has 1 fully saturated rings. The fourth-order valence-electron chi connectivity index (χ4n) is 1.92. The Kier molecular flexibility index (Phi) is 5.93. The highest BCUT2D eigenvalue weighted by Gasteiger charge is 2.44. The van der Waals surface area contributed by atoms with Gasteiger partial charge in [0.1, 0.15) is 5.41 Å². The molecule has 1 saturated heterocycles. The number of rotatable bonds is 5. The molecule has 10 heteroatoms. The van der Waals surface area contributed by atoms with Gasteiger partial charge in [0.15, 0.2) is 5.84 Å². The molecule has 0 aliphatic carbocycles. The van der Waals surface area contributed by atoms with Crippen LogP contribution in [0.5, 0.6) is 0 Å². The van der Waals surface area contributed by atoms with E-state index < -0.39 is 16.8 Å². The lowest BCUT2D eigenvalue weighted by atomic mass is 9.78. The second-order valence-corrected chi connectivity index (χ2v) is 5.39. The van der Waals surface area contributed by atoms with Crippen LogP contribution in [-0.4, -0.2) is 48.0 Å². The predicted molar refractivity (Wildman–Crippen MR) is 67.4 cm³/mol. The van der Waals surface area contributed by atoms with Crippen molar-refractivity contribution in [2.75, 3.05) is 25.5 Å². The van der Waals surface area contributed by atoms with E-state index in [-0.39, 0.29) is 56.0 Å². The van der Waals surface area contributed by atoms with Crippen LogP contribution in [0.2, 0.25) is 0 Å². The quantitative estimate of drug-likeness (QED) is 0.230. The Morgan fingerprint density at radius 1 is 1.45 bits per heavy atom. The summed E-state index contributed by atoms with van der Waals surface area (Å²) in [6.45, 7) is 0.381. The van der Waals surface area contributed by atoms with Crippen molar-refractivity contribution in [1.82, 2.24) is 5.32 Å². The fourth-order valence-corrected chi connectivity index (χ4v) is 2.35. The van der Waals surface area contributed by atoms with Crippen molar-refractivity contribution in [3.05, 3.63) is 0 Å². The second kappa shape index (κ2) is 7.02. The Morgan fingerprint density at radius 2 is 2.05 bits per heavy atom. The number of ether oxygens (including phenoxy) is 1. The first-order chi connectivity index (χ1) is 9.32. The number of hydrogen-bond donors (Lipinski definition) is 3. The van der Waals surface area contributed by atoms with Gasteiger partial charge in [-0.15, -0.1) is 0 Å². The van der Waals surface area contributed by atoms with Crippen molar-refractivity contribution in [2.24, 2.45) is 16.3 Å². The number of oxime groups is 1. The molecule has 0 bridgehead atoms. The highest BCUT2D eigenvalue weighted by molar-refractivity contribution is 8.00. The van der Waals surface area contributed by atoms with Gasteiger partial charge >= 0.3 is 5.51 Å². The first kappa shape index (κ1) is 16.9. The number of amides is 1. The number of carbonyl (C=O) groups excluding carboxylic acids is 1. The summed E-state index contributed by atoms with van der Waals surface area (Å²) < 4.78 is 41.0. The van der Waals surface area contributed by atoms with Crippen LogP contribution < -0.4 is 11.1 Å². The molecule has 0 aromatic carbocycles. The minimum absolute atomic E-state index is 0.148. The van der Waals surface area contributed by atoms with Crippen LogP contribution in [-0.2, 0) is 9.53 Å². The number of alkyl halides is 3. The number of nitrogens with two attached hydrogens (primary N) is 1. The Labute approximate surface area is 117 Å². The maximum Gasteiger partial charge on any atom is 0.441 e. The summed E-state index contributed by atoms with van der Waals surface area (Å²) in [6.07, 6.45) is 0.447. The molecule has 0 saturated carbocycles. The van der Waals surface area contributed by atoms with Gasteiger partial charge in [-0.25, -0.2) is 0 Å². The van der Waals surface area contributed by atoms with E-state index in [2.05, 4.69) is 10.5 Å². The molecule has 6 nitrogen and oxygen atoms in total. The van der Waals surface area contributed by atoms with E-state index >= 15 is 0 Å². The lowest BCUT2D eigenvalue weighted by Crippen LogP contribution is -2.53. The summed E-state index contributed by atoms with van der Waals surface area (Å²) in [4.78, 5) is 12.1. The number of hydrogen-bond acceptors (Lipinski definition) is 5. The molecule has 20 heavy (non-hydrogen) atoms. The molecule has 0 atom stereocenters. The van der Waals surface area contributed by atoms with E-state index in [4.69, 9.17) is 15.7 Å². The fraction of sp³-hybridized carbons (Fsp3) is 0.800. The molecule has 0 radical (unpaired) electrons. The molecule has 1 rings (SSSR count). The molecular weight excluding hydrogens is 299 g/mol. The van der Waals surface area contributed by atoms with Crippen LogP contribution in [0.3, 0.4) is 0 Å². The third kappa shape index (κ3) is 4.44. The summed E-state index contributed by atoms with van der Waals surface area (Å²) in [5.74, 6) is -1.08. The first-order valence-electron chi connectivity index (χ1n) is 5.86. The zero-order chi connectivity index (χ0) is 15.2. The number of carbonyl (C=O) groups is 1. The van der Waals surface area contributed by atoms with Gasteiger partial charge in [0.25, 0.3) is 0 Å². The zero-order valence-corrected chi connectivity index (χ0v) is 11.4. The molecule has 4 N–H and O–H groups in total. The number of thioether (sulfide) groups is 1. The Hall–Kier alpha value is -1.16. The van der Waals surface area contributed by atoms with Gasteiger partial charge in [0, 0.05) is 25.5 Å². The van der Waals surface area contributed by atoms with Crippen LogP contribution in [0.4, 0.5) is 13.2 Å². The first-order valence-corrected chi connectivity index (χ1v) is 6.85. The lowest BCUT2D eigenvalue weighted by molar-refractivity contribution is -0.131. The minimum Gasteiger partial charge on any atom is -0.409 e. The minimum atomic E-state index is -4.33. The van der Waals surface area contributed by atoms with Gasteiger partial charge in [-0.05, 0) is 24.6 Å². The van der Waals surface area contributed by atoms with Gasteiger partial charge in [0.2, 0.25) is 5.91 Å². The van der Waals surface area contributed by atoms with E-state index in [1.165, 1.54) is 0 Å². The highest BCUT2D eigenvalue weighted by atomic mass is 32.2. The van der Waals surface area contributed by atoms with E-state index in [1.807, 2.05) is 0 Å². The average Bonchev–Trinajstić information content (AvgIpc) is 2.42. The molecule has 1 aliphatic rings. The standard InChI is InChI=1S/C10H16F3N3O3S/c11-10(12,13)20-6-3-15-8(17)9(7(14)16-18)1-4-19-5-2-9/h18H,1-6H2,(H2,14,16)(H,15,17). The monoisotopic (exact) mass is 315 g/mol. The van der Waals surface area contributed by atoms with Gasteiger partial charge in [-0.3, -0.25) is 4.79 Å². The zero-order valence-electron chi connectivity index (χ0n) is 10.6. The molecule has 0 aromatic heterocycles. The number of amidine groups is 1. The topological polar surface area (TPSA) is 96.9 Å². The summed E-state index contributed by atoms with van der Waals surface area (Å²) in [7, 11) is 0. The van der Waals surface area contributed by atoms with Crippen LogP contribution in [0.1, 0.15) is 12.8 Å². The molecular formula is C10H16F3N3O3S. The molecule has 1 amide bonds. The summed E-state index contributed by atoms with van der Waals surface area (Å²) >= 11 is -0.215. The maximum atomic E-state index is 12.1. The average molecular weight is 315 g/mol. The predicted octanol–water partition coefficient (Wildman–Crippen LogP) is 0.899. The lowest BCUT2D eigenvalue weighted by Gasteiger charge is -2.34. The molecule has 0 unspecified atom stereocenters. The van der Waals surface area contributed by atoms with E-state index in [9.17, 15) is 18.0 Å². The molecule has 0 aromatic rings. The van der Waals surface area contributed by atoms with Crippen molar-refractivity contribution < 1.29 is 27.9 Å². The van der Waals surface area contributed by atoms with Gasteiger partial charge in [-0.2, -0.15) is 13.2 Å². The third-order valence-corrected chi connectivity index (χ3v) is 3.77. The number of nitrogens with one attached hydrogen (secondary N) is 1. The Morgan fingerprint density at radius 3 is 2.55 bits per heavy atom. The summed E-state index contributed by atoms with van der Waals surface area (Å²) in [5, 5.41) is 14.0. The highest BCUT2D eigenvalue weighted by Crippen LogP contribution is 2.32.